The van der Waals surface area contributed by atoms with Gasteiger partial charge in [-0.15, -0.1) is 0 Å². The Morgan fingerprint density at radius 1 is 0.765 bits per heavy atom. The molecule has 5 nitrogen and oxygen atoms in total. The molecule has 0 saturated carbocycles. The fourth-order valence-corrected chi connectivity index (χ4v) is 4.63. The molecule has 1 heterocycles. The molecule has 5 heteroatoms. The van der Waals surface area contributed by atoms with Gasteiger partial charge in [0.2, 0.25) is 0 Å². The van der Waals surface area contributed by atoms with Crippen molar-refractivity contribution in [3.63, 3.8) is 0 Å². The highest BCUT2D eigenvalue weighted by Crippen LogP contribution is 2.32. The Hall–Kier alpha value is -2.43. The van der Waals surface area contributed by atoms with E-state index in [2.05, 4.69) is 66.8 Å². The molecular weight excluding hydrogens is 426 g/mol. The summed E-state index contributed by atoms with van der Waals surface area (Å²) in [5, 5.41) is 2.17. The Labute approximate surface area is 205 Å². The van der Waals surface area contributed by atoms with E-state index in [4.69, 9.17) is 4.74 Å². The van der Waals surface area contributed by atoms with Gasteiger partial charge in [0, 0.05) is 11.6 Å². The van der Waals surface area contributed by atoms with E-state index in [9.17, 15) is 14.4 Å². The summed E-state index contributed by atoms with van der Waals surface area (Å²) in [6.07, 6.45) is 4.96. The van der Waals surface area contributed by atoms with E-state index in [1.54, 1.807) is 0 Å². The van der Waals surface area contributed by atoms with Crippen molar-refractivity contribution in [2.45, 2.75) is 94.1 Å². The van der Waals surface area contributed by atoms with Crippen LogP contribution in [0.5, 0.6) is 0 Å². The second-order valence-corrected chi connectivity index (χ2v) is 11.3. The number of nitrogens with one attached hydrogen (secondary N) is 1. The average molecular weight is 470 g/mol. The zero-order chi connectivity index (χ0) is 25.6. The molecule has 1 aromatic rings. The number of amides is 2. The van der Waals surface area contributed by atoms with Crippen molar-refractivity contribution in [1.82, 2.24) is 5.32 Å². The van der Waals surface area contributed by atoms with Crippen molar-refractivity contribution in [3.8, 4) is 0 Å². The zero-order valence-corrected chi connectivity index (χ0v) is 22.3. The van der Waals surface area contributed by atoms with Crippen LogP contribution in [0.3, 0.4) is 0 Å². The minimum Gasteiger partial charge on any atom is -0.461 e. The van der Waals surface area contributed by atoms with Gasteiger partial charge in [0.25, 0.3) is 11.8 Å². The van der Waals surface area contributed by atoms with Crippen LogP contribution in [0, 0.1) is 23.7 Å². The third-order valence-electron chi connectivity index (χ3n) is 5.87. The number of imide groups is 1. The molecule has 0 atom stereocenters. The van der Waals surface area contributed by atoms with Gasteiger partial charge >= 0.3 is 5.97 Å². The van der Waals surface area contributed by atoms with Crippen molar-refractivity contribution in [2.24, 2.45) is 23.7 Å². The number of rotatable bonds is 12. The lowest BCUT2D eigenvalue weighted by atomic mass is 9.80. The molecule has 0 bridgehead atoms. The van der Waals surface area contributed by atoms with Crippen molar-refractivity contribution >= 4 is 17.8 Å². The highest BCUT2D eigenvalue weighted by molar-refractivity contribution is 6.17. The SMILES string of the molecule is CC(C)Cc1cc(COC(=O)CC2=CC(=O)NC2=O)c(CC(C)C)c(CC(C)C)c1CC(C)C. The number of benzene rings is 1. The van der Waals surface area contributed by atoms with Gasteiger partial charge < -0.3 is 4.74 Å². The lowest BCUT2D eigenvalue weighted by Gasteiger charge is -2.26. The molecule has 0 fully saturated rings. The third kappa shape index (κ3) is 8.11. The highest BCUT2D eigenvalue weighted by Gasteiger charge is 2.25. The van der Waals surface area contributed by atoms with Crippen LogP contribution in [0.2, 0.25) is 0 Å². The predicted molar refractivity (Wildman–Crippen MR) is 136 cm³/mol. The summed E-state index contributed by atoms with van der Waals surface area (Å²) in [6, 6.07) is 2.26. The molecular formula is C29H43NO4. The lowest BCUT2D eigenvalue weighted by Crippen LogP contribution is -2.23. The molecule has 1 aromatic carbocycles. The Bertz CT molecular complexity index is 938. The number of hydrogen-bond acceptors (Lipinski definition) is 4. The van der Waals surface area contributed by atoms with Gasteiger partial charge in [0.05, 0.1) is 6.42 Å². The molecule has 0 spiro atoms. The Morgan fingerprint density at radius 3 is 1.74 bits per heavy atom. The minimum atomic E-state index is -0.515. The molecule has 1 aliphatic heterocycles. The van der Waals surface area contributed by atoms with Gasteiger partial charge in [-0.1, -0.05) is 61.5 Å². The first kappa shape index (κ1) is 27.8. The van der Waals surface area contributed by atoms with Crippen LogP contribution in [0.4, 0.5) is 0 Å². The maximum absolute atomic E-state index is 12.5. The maximum atomic E-state index is 12.5. The summed E-state index contributed by atoms with van der Waals surface area (Å²) in [6.45, 7) is 18.2. The Balaban J connectivity index is 2.46. The first-order valence-electron chi connectivity index (χ1n) is 12.7. The molecule has 2 amide bonds. The quantitative estimate of drug-likeness (QED) is 0.324. The van der Waals surface area contributed by atoms with Gasteiger partial charge in [-0.3, -0.25) is 19.7 Å². The molecule has 0 saturated heterocycles. The van der Waals surface area contributed by atoms with Crippen LogP contribution in [-0.2, 0) is 51.4 Å². The summed E-state index contributed by atoms with van der Waals surface area (Å²) in [7, 11) is 0. The Kier molecular flexibility index (Phi) is 10.1. The van der Waals surface area contributed by atoms with Crippen LogP contribution in [0.15, 0.2) is 17.7 Å². The molecule has 0 aliphatic carbocycles. The molecule has 188 valence electrons. The van der Waals surface area contributed by atoms with E-state index in [-0.39, 0.29) is 18.6 Å². The van der Waals surface area contributed by atoms with Crippen LogP contribution in [-0.4, -0.2) is 17.8 Å². The van der Waals surface area contributed by atoms with Gasteiger partial charge in [0.15, 0.2) is 0 Å². The standard InChI is InChI=1S/C29H43NO4/c1-17(2)9-21-13-23(16-34-28(32)15-22-14-27(31)30-29(22)33)25(11-19(5)6)26(12-20(7)8)24(21)10-18(3)4/h13-14,17-20H,9-12,15-16H2,1-8H3,(H,30,31,33). The smallest absolute Gasteiger partial charge is 0.310 e. The largest absolute Gasteiger partial charge is 0.461 e. The van der Waals surface area contributed by atoms with Crippen LogP contribution >= 0.6 is 0 Å². The zero-order valence-electron chi connectivity index (χ0n) is 22.3. The van der Waals surface area contributed by atoms with E-state index in [1.165, 1.54) is 28.3 Å². The van der Waals surface area contributed by atoms with Crippen LogP contribution in [0.25, 0.3) is 0 Å². The molecule has 34 heavy (non-hydrogen) atoms. The fraction of sp³-hybridized carbons (Fsp3) is 0.621. The maximum Gasteiger partial charge on any atom is 0.310 e. The predicted octanol–water partition coefficient (Wildman–Crippen LogP) is 5.50. The number of ether oxygens (including phenoxy) is 1. The number of carbonyl (C=O) groups is 3. The summed E-state index contributed by atoms with van der Waals surface area (Å²) in [5.41, 5.74) is 6.82. The lowest BCUT2D eigenvalue weighted by molar-refractivity contribution is -0.144. The van der Waals surface area contributed by atoms with Gasteiger partial charge in [-0.05, 0) is 77.2 Å². The highest BCUT2D eigenvalue weighted by atomic mass is 16.5. The van der Waals surface area contributed by atoms with Crippen molar-refractivity contribution < 1.29 is 19.1 Å². The second-order valence-electron chi connectivity index (χ2n) is 11.3. The van der Waals surface area contributed by atoms with E-state index in [0.717, 1.165) is 31.2 Å². The minimum absolute atomic E-state index is 0.158. The number of esters is 1. The first-order valence-corrected chi connectivity index (χ1v) is 12.7. The van der Waals surface area contributed by atoms with Crippen molar-refractivity contribution in [3.05, 3.63) is 45.5 Å². The van der Waals surface area contributed by atoms with E-state index in [1.807, 2.05) is 0 Å². The fourth-order valence-electron chi connectivity index (χ4n) is 4.63. The summed E-state index contributed by atoms with van der Waals surface area (Å²) < 4.78 is 5.67. The third-order valence-corrected chi connectivity index (χ3v) is 5.87. The van der Waals surface area contributed by atoms with Crippen LogP contribution < -0.4 is 5.32 Å². The first-order chi connectivity index (χ1) is 15.9. The van der Waals surface area contributed by atoms with Gasteiger partial charge in [0.1, 0.15) is 6.61 Å². The van der Waals surface area contributed by atoms with E-state index < -0.39 is 17.8 Å². The normalized spacial score (nSPS) is 13.9. The van der Waals surface area contributed by atoms with Gasteiger partial charge in [-0.2, -0.15) is 0 Å². The number of hydrogen-bond donors (Lipinski definition) is 1. The van der Waals surface area contributed by atoms with Crippen LogP contribution in [0.1, 0.15) is 89.6 Å². The molecule has 1 aliphatic rings. The topological polar surface area (TPSA) is 72.5 Å². The monoisotopic (exact) mass is 469 g/mol. The summed E-state index contributed by atoms with van der Waals surface area (Å²) >= 11 is 0. The van der Waals surface area contributed by atoms with E-state index in [0.29, 0.717) is 23.7 Å². The average Bonchev–Trinajstić information content (AvgIpc) is 3.00. The summed E-state index contributed by atoms with van der Waals surface area (Å²) in [5.74, 6) is 0.584. The molecule has 0 radical (unpaired) electrons. The van der Waals surface area contributed by atoms with E-state index >= 15 is 0 Å². The number of carbonyl (C=O) groups excluding carboxylic acids is 3. The molecule has 1 N–H and O–H groups in total. The van der Waals surface area contributed by atoms with Crippen molar-refractivity contribution in [1.29, 1.82) is 0 Å². The Morgan fingerprint density at radius 2 is 1.26 bits per heavy atom. The van der Waals surface area contributed by atoms with Crippen molar-refractivity contribution in [2.75, 3.05) is 0 Å². The molecule has 2 rings (SSSR count). The summed E-state index contributed by atoms with van der Waals surface area (Å²) in [4.78, 5) is 35.7. The van der Waals surface area contributed by atoms with Gasteiger partial charge in [-0.25, -0.2) is 0 Å². The molecule has 0 unspecified atom stereocenters. The molecule has 0 aromatic heterocycles. The second kappa shape index (κ2) is 12.3.